The molecule has 0 aromatic heterocycles. The lowest BCUT2D eigenvalue weighted by Gasteiger charge is -2.33. The molecule has 0 amide bonds. The van der Waals surface area contributed by atoms with Crippen molar-refractivity contribution in [2.45, 2.75) is 31.3 Å². The largest absolute Gasteiger partial charge is 0.378 e. The number of hydrogen-bond donors (Lipinski definition) is 1. The topological polar surface area (TPSA) is 38.5 Å². The lowest BCUT2D eigenvalue weighted by molar-refractivity contribution is 0.126. The van der Waals surface area contributed by atoms with E-state index in [1.807, 2.05) is 0 Å². The van der Waals surface area contributed by atoms with Crippen LogP contribution in [0.5, 0.6) is 0 Å². The van der Waals surface area contributed by atoms with Crippen molar-refractivity contribution in [3.05, 3.63) is 0 Å². The first-order valence-electron chi connectivity index (χ1n) is 4.95. The molecule has 0 aliphatic carbocycles. The Labute approximate surface area is 73.9 Å². The third kappa shape index (κ3) is 1.63. The molecule has 0 bridgehead atoms. The Morgan fingerprint density at radius 1 is 1.08 bits per heavy atom. The Morgan fingerprint density at radius 2 is 1.83 bits per heavy atom. The van der Waals surface area contributed by atoms with Crippen LogP contribution in [0.25, 0.3) is 0 Å². The number of nitrogens with zero attached hydrogens (tertiary/aromatic N) is 1. The second kappa shape index (κ2) is 3.73. The molecule has 2 aliphatic rings. The number of piperidine rings is 1. The van der Waals surface area contributed by atoms with Crippen LogP contribution < -0.4 is 5.73 Å². The molecule has 2 heterocycles. The van der Waals surface area contributed by atoms with E-state index in [1.165, 1.54) is 32.4 Å². The van der Waals surface area contributed by atoms with Gasteiger partial charge in [0, 0.05) is 6.04 Å². The van der Waals surface area contributed by atoms with E-state index in [1.54, 1.807) is 0 Å². The van der Waals surface area contributed by atoms with Crippen LogP contribution in [0.3, 0.4) is 0 Å². The van der Waals surface area contributed by atoms with Crippen molar-refractivity contribution < 1.29 is 4.74 Å². The molecule has 2 atom stereocenters. The van der Waals surface area contributed by atoms with E-state index < -0.39 is 0 Å². The molecule has 0 aromatic rings. The highest BCUT2D eigenvalue weighted by atomic mass is 16.5. The highest BCUT2D eigenvalue weighted by Gasteiger charge is 2.30. The van der Waals surface area contributed by atoms with Crippen molar-refractivity contribution in [1.29, 1.82) is 0 Å². The fourth-order valence-electron chi connectivity index (χ4n) is 2.19. The van der Waals surface area contributed by atoms with E-state index in [2.05, 4.69) is 4.90 Å². The SMILES string of the molecule is N[C@@H]1COC[C@H]1N1CCCCC1. The van der Waals surface area contributed by atoms with E-state index in [-0.39, 0.29) is 6.04 Å². The van der Waals surface area contributed by atoms with Gasteiger partial charge in [0.1, 0.15) is 0 Å². The van der Waals surface area contributed by atoms with Gasteiger partial charge in [0.05, 0.1) is 19.3 Å². The summed E-state index contributed by atoms with van der Waals surface area (Å²) in [5, 5.41) is 0. The first-order valence-corrected chi connectivity index (χ1v) is 4.95. The number of likely N-dealkylation sites (tertiary alicyclic amines) is 1. The van der Waals surface area contributed by atoms with Crippen LogP contribution in [-0.4, -0.2) is 43.3 Å². The van der Waals surface area contributed by atoms with E-state index in [0.717, 1.165) is 13.2 Å². The van der Waals surface area contributed by atoms with E-state index >= 15 is 0 Å². The minimum atomic E-state index is 0.253. The van der Waals surface area contributed by atoms with Crippen molar-refractivity contribution in [2.75, 3.05) is 26.3 Å². The van der Waals surface area contributed by atoms with Crippen LogP contribution in [0.1, 0.15) is 19.3 Å². The van der Waals surface area contributed by atoms with E-state index in [9.17, 15) is 0 Å². The summed E-state index contributed by atoms with van der Waals surface area (Å²) in [5.41, 5.74) is 5.94. The number of ether oxygens (including phenoxy) is 1. The van der Waals surface area contributed by atoms with Crippen LogP contribution in [-0.2, 0) is 4.74 Å². The van der Waals surface area contributed by atoms with Crippen LogP contribution in [0, 0.1) is 0 Å². The van der Waals surface area contributed by atoms with Gasteiger partial charge >= 0.3 is 0 Å². The number of hydrogen-bond acceptors (Lipinski definition) is 3. The zero-order valence-corrected chi connectivity index (χ0v) is 7.54. The molecule has 0 saturated carbocycles. The smallest absolute Gasteiger partial charge is 0.0638 e. The van der Waals surface area contributed by atoms with Gasteiger partial charge in [-0.2, -0.15) is 0 Å². The second-order valence-electron chi connectivity index (χ2n) is 3.87. The maximum atomic E-state index is 5.94. The van der Waals surface area contributed by atoms with E-state index in [0.29, 0.717) is 6.04 Å². The molecule has 2 rings (SSSR count). The molecule has 3 nitrogen and oxygen atoms in total. The van der Waals surface area contributed by atoms with Gasteiger partial charge < -0.3 is 10.5 Å². The van der Waals surface area contributed by atoms with Gasteiger partial charge in [-0.1, -0.05) is 6.42 Å². The number of nitrogens with two attached hydrogens (primary N) is 1. The van der Waals surface area contributed by atoms with Crippen molar-refractivity contribution in [1.82, 2.24) is 4.90 Å². The normalized spacial score (nSPS) is 38.8. The monoisotopic (exact) mass is 170 g/mol. The summed E-state index contributed by atoms with van der Waals surface area (Å²) >= 11 is 0. The van der Waals surface area contributed by atoms with Crippen LogP contribution in [0.2, 0.25) is 0 Å². The third-order valence-corrected chi connectivity index (χ3v) is 2.95. The van der Waals surface area contributed by atoms with Gasteiger partial charge in [-0.05, 0) is 25.9 Å². The molecule has 2 fully saturated rings. The Kier molecular flexibility index (Phi) is 2.63. The van der Waals surface area contributed by atoms with Crippen molar-refractivity contribution in [2.24, 2.45) is 5.73 Å². The molecule has 0 unspecified atom stereocenters. The first kappa shape index (κ1) is 8.48. The Hall–Kier alpha value is -0.120. The molecule has 0 spiro atoms. The highest BCUT2D eigenvalue weighted by molar-refractivity contribution is 4.87. The zero-order chi connectivity index (χ0) is 8.39. The zero-order valence-electron chi connectivity index (χ0n) is 7.54. The van der Waals surface area contributed by atoms with Crippen molar-refractivity contribution in [3.63, 3.8) is 0 Å². The summed E-state index contributed by atoms with van der Waals surface area (Å²) in [7, 11) is 0. The van der Waals surface area contributed by atoms with E-state index in [4.69, 9.17) is 10.5 Å². The predicted molar refractivity (Wildman–Crippen MR) is 48.0 cm³/mol. The maximum Gasteiger partial charge on any atom is 0.0638 e. The highest BCUT2D eigenvalue weighted by Crippen LogP contribution is 2.17. The fourth-order valence-corrected chi connectivity index (χ4v) is 2.19. The average molecular weight is 170 g/mol. The maximum absolute atomic E-state index is 5.94. The van der Waals surface area contributed by atoms with Crippen molar-refractivity contribution in [3.8, 4) is 0 Å². The molecule has 12 heavy (non-hydrogen) atoms. The minimum absolute atomic E-state index is 0.253. The van der Waals surface area contributed by atoms with Crippen LogP contribution >= 0.6 is 0 Å². The molecule has 70 valence electrons. The second-order valence-corrected chi connectivity index (χ2v) is 3.87. The van der Waals surface area contributed by atoms with Crippen LogP contribution in [0.15, 0.2) is 0 Å². The summed E-state index contributed by atoms with van der Waals surface area (Å²) < 4.78 is 5.36. The Morgan fingerprint density at radius 3 is 2.42 bits per heavy atom. The predicted octanol–water partition coefficient (Wildman–Crippen LogP) is 0.198. The van der Waals surface area contributed by atoms with Gasteiger partial charge in [0.15, 0.2) is 0 Å². The van der Waals surface area contributed by atoms with Gasteiger partial charge in [-0.3, -0.25) is 4.90 Å². The lowest BCUT2D eigenvalue weighted by Crippen LogP contribution is -2.48. The van der Waals surface area contributed by atoms with Gasteiger partial charge in [0.2, 0.25) is 0 Å². The molecule has 2 saturated heterocycles. The summed E-state index contributed by atoms with van der Waals surface area (Å²) in [5.74, 6) is 0. The molecule has 2 aliphatic heterocycles. The minimum Gasteiger partial charge on any atom is -0.378 e. The fraction of sp³-hybridized carbons (Fsp3) is 1.00. The third-order valence-electron chi connectivity index (χ3n) is 2.95. The standard InChI is InChI=1S/C9H18N2O/c10-8-6-12-7-9(8)11-4-2-1-3-5-11/h8-9H,1-7,10H2/t8-,9-/m1/s1. The number of rotatable bonds is 1. The van der Waals surface area contributed by atoms with Gasteiger partial charge in [-0.25, -0.2) is 0 Å². The molecule has 0 radical (unpaired) electrons. The molecule has 2 N–H and O–H groups in total. The quantitative estimate of drug-likeness (QED) is 0.611. The summed E-state index contributed by atoms with van der Waals surface area (Å²) in [4.78, 5) is 2.50. The average Bonchev–Trinajstić information content (AvgIpc) is 2.53. The summed E-state index contributed by atoms with van der Waals surface area (Å²) in [6.07, 6.45) is 4.06. The first-order chi connectivity index (χ1) is 5.88. The van der Waals surface area contributed by atoms with Gasteiger partial charge in [0.25, 0.3) is 0 Å². The van der Waals surface area contributed by atoms with Crippen molar-refractivity contribution >= 4 is 0 Å². The molecule has 3 heteroatoms. The molecule has 0 aromatic carbocycles. The lowest BCUT2D eigenvalue weighted by atomic mass is 10.1. The molecular formula is C9H18N2O. The van der Waals surface area contributed by atoms with Crippen LogP contribution in [0.4, 0.5) is 0 Å². The summed E-state index contributed by atoms with van der Waals surface area (Å²) in [6.45, 7) is 4.05. The Balaban J connectivity index is 1.89. The van der Waals surface area contributed by atoms with Gasteiger partial charge in [-0.15, -0.1) is 0 Å². The molecular weight excluding hydrogens is 152 g/mol. The summed E-state index contributed by atoms with van der Waals surface area (Å²) in [6, 6.07) is 0.758. The Bertz CT molecular complexity index is 145.